The lowest BCUT2D eigenvalue weighted by Crippen LogP contribution is -2.39. The maximum Gasteiger partial charge on any atom is 0.408 e. The second kappa shape index (κ2) is 5.23. The van der Waals surface area contributed by atoms with Gasteiger partial charge < -0.3 is 14.8 Å². The third kappa shape index (κ3) is 2.63. The summed E-state index contributed by atoms with van der Waals surface area (Å²) < 4.78 is 11.1. The molecule has 23 heavy (non-hydrogen) atoms. The number of ether oxygens (including phenoxy) is 2. The SMILES string of the molecule is CC(C)(C)OC(=O)N[C@H]1COCc2ccc3c(c21)[C@@H]1CC[C@H]3C1. The van der Waals surface area contributed by atoms with Crippen LogP contribution in [-0.4, -0.2) is 18.3 Å². The Bertz CT molecular complexity index is 647. The van der Waals surface area contributed by atoms with Crippen LogP contribution < -0.4 is 5.32 Å². The number of nitrogens with one attached hydrogen (secondary N) is 1. The molecule has 3 aliphatic rings. The predicted molar refractivity (Wildman–Crippen MR) is 87.5 cm³/mol. The second-order valence-electron chi connectivity index (χ2n) is 8.06. The van der Waals surface area contributed by atoms with Crippen LogP contribution in [0.4, 0.5) is 4.79 Å². The molecule has 2 bridgehead atoms. The number of amides is 1. The number of alkyl carbamates (subject to hydrolysis) is 1. The first-order valence-electron chi connectivity index (χ1n) is 8.65. The Morgan fingerprint density at radius 1 is 1.22 bits per heavy atom. The minimum absolute atomic E-state index is 0.0945. The summed E-state index contributed by atoms with van der Waals surface area (Å²) in [4.78, 5) is 12.2. The first-order chi connectivity index (χ1) is 10.9. The van der Waals surface area contributed by atoms with Crippen LogP contribution in [0.1, 0.15) is 80.2 Å². The molecule has 1 saturated carbocycles. The Labute approximate surface area is 137 Å². The smallest absolute Gasteiger partial charge is 0.408 e. The summed E-state index contributed by atoms with van der Waals surface area (Å²) in [5, 5.41) is 3.03. The first kappa shape index (κ1) is 15.0. The fourth-order valence-corrected chi connectivity index (χ4v) is 4.51. The fraction of sp³-hybridized carbons (Fsp3) is 0.632. The summed E-state index contributed by atoms with van der Waals surface area (Å²) in [5.41, 5.74) is 5.07. The van der Waals surface area contributed by atoms with Gasteiger partial charge in [-0.05, 0) is 74.1 Å². The van der Waals surface area contributed by atoms with Crippen LogP contribution in [-0.2, 0) is 16.1 Å². The summed E-state index contributed by atoms with van der Waals surface area (Å²) in [5.74, 6) is 1.40. The zero-order valence-corrected chi connectivity index (χ0v) is 14.1. The van der Waals surface area contributed by atoms with Crippen molar-refractivity contribution < 1.29 is 14.3 Å². The second-order valence-corrected chi connectivity index (χ2v) is 8.06. The van der Waals surface area contributed by atoms with E-state index in [2.05, 4.69) is 17.4 Å². The van der Waals surface area contributed by atoms with E-state index in [0.717, 1.165) is 5.92 Å². The molecule has 1 aliphatic heterocycles. The lowest BCUT2D eigenvalue weighted by Gasteiger charge is -2.32. The molecule has 0 unspecified atom stereocenters. The maximum absolute atomic E-state index is 12.2. The average molecular weight is 315 g/mol. The molecule has 1 heterocycles. The van der Waals surface area contributed by atoms with Crippen LogP contribution >= 0.6 is 0 Å². The van der Waals surface area contributed by atoms with Crippen molar-refractivity contribution in [1.82, 2.24) is 5.32 Å². The number of hydrogen-bond acceptors (Lipinski definition) is 3. The summed E-state index contributed by atoms with van der Waals surface area (Å²) >= 11 is 0. The number of carbonyl (C=O) groups is 1. The van der Waals surface area contributed by atoms with E-state index in [4.69, 9.17) is 9.47 Å². The highest BCUT2D eigenvalue weighted by Gasteiger charge is 2.41. The van der Waals surface area contributed by atoms with Gasteiger partial charge in [0.25, 0.3) is 0 Å². The minimum atomic E-state index is -0.486. The Kier molecular flexibility index (Phi) is 3.41. The van der Waals surface area contributed by atoms with E-state index in [9.17, 15) is 4.79 Å². The van der Waals surface area contributed by atoms with Gasteiger partial charge in [0.05, 0.1) is 19.3 Å². The maximum atomic E-state index is 12.2. The monoisotopic (exact) mass is 315 g/mol. The predicted octanol–water partition coefficient (Wildman–Crippen LogP) is 4.15. The molecule has 0 radical (unpaired) electrons. The third-order valence-electron chi connectivity index (χ3n) is 5.27. The fourth-order valence-electron chi connectivity index (χ4n) is 4.51. The minimum Gasteiger partial charge on any atom is -0.444 e. The summed E-state index contributed by atoms with van der Waals surface area (Å²) in [7, 11) is 0. The first-order valence-corrected chi connectivity index (χ1v) is 8.65. The van der Waals surface area contributed by atoms with Gasteiger partial charge in [-0.3, -0.25) is 0 Å². The van der Waals surface area contributed by atoms with Gasteiger partial charge >= 0.3 is 6.09 Å². The zero-order valence-electron chi connectivity index (χ0n) is 14.1. The molecule has 1 amide bonds. The van der Waals surface area contributed by atoms with E-state index < -0.39 is 5.60 Å². The molecular formula is C19H25NO3. The van der Waals surface area contributed by atoms with Crippen molar-refractivity contribution in [2.24, 2.45) is 0 Å². The van der Waals surface area contributed by atoms with Crippen molar-refractivity contribution in [1.29, 1.82) is 0 Å². The van der Waals surface area contributed by atoms with Crippen molar-refractivity contribution in [3.8, 4) is 0 Å². The Morgan fingerprint density at radius 3 is 2.78 bits per heavy atom. The van der Waals surface area contributed by atoms with Gasteiger partial charge in [0.15, 0.2) is 0 Å². The lowest BCUT2D eigenvalue weighted by molar-refractivity contribution is 0.0388. The highest BCUT2D eigenvalue weighted by atomic mass is 16.6. The van der Waals surface area contributed by atoms with Gasteiger partial charge in [0, 0.05) is 0 Å². The molecule has 4 heteroatoms. The van der Waals surface area contributed by atoms with Gasteiger partial charge in [-0.15, -0.1) is 0 Å². The van der Waals surface area contributed by atoms with Crippen LogP contribution in [0, 0.1) is 0 Å². The summed E-state index contributed by atoms with van der Waals surface area (Å²) in [6.07, 6.45) is 3.52. The van der Waals surface area contributed by atoms with Crippen molar-refractivity contribution >= 4 is 6.09 Å². The largest absolute Gasteiger partial charge is 0.444 e. The number of carbonyl (C=O) groups excluding carboxylic acids is 1. The zero-order chi connectivity index (χ0) is 16.2. The van der Waals surface area contributed by atoms with Gasteiger partial charge in [0.2, 0.25) is 0 Å². The Balaban J connectivity index is 1.65. The normalized spacial score (nSPS) is 28.2. The van der Waals surface area contributed by atoms with Crippen LogP contribution in [0.3, 0.4) is 0 Å². The Hall–Kier alpha value is -1.55. The van der Waals surface area contributed by atoms with E-state index in [0.29, 0.717) is 19.1 Å². The van der Waals surface area contributed by atoms with Crippen LogP contribution in [0.2, 0.25) is 0 Å². The van der Waals surface area contributed by atoms with E-state index in [1.54, 1.807) is 0 Å². The molecule has 0 spiro atoms. The quantitative estimate of drug-likeness (QED) is 0.847. The molecular weight excluding hydrogens is 290 g/mol. The van der Waals surface area contributed by atoms with Crippen LogP contribution in [0.15, 0.2) is 12.1 Å². The average Bonchev–Trinajstić information content (AvgIpc) is 3.06. The van der Waals surface area contributed by atoms with Gasteiger partial charge in [-0.1, -0.05) is 12.1 Å². The van der Waals surface area contributed by atoms with E-state index in [-0.39, 0.29) is 12.1 Å². The number of benzene rings is 1. The van der Waals surface area contributed by atoms with Crippen LogP contribution in [0.25, 0.3) is 0 Å². The summed E-state index contributed by atoms with van der Waals surface area (Å²) in [6.45, 7) is 6.82. The van der Waals surface area contributed by atoms with Crippen molar-refractivity contribution in [2.75, 3.05) is 6.61 Å². The standard InChI is InChI=1S/C19H25NO3/c1-19(2,3)23-18(21)20-15-10-22-9-13-6-7-14-11-4-5-12(8-11)16(14)17(13)15/h6-7,11-12,15H,4-5,8-10H2,1-3H3,(H,20,21)/t11-,12+,15-/m0/s1. The van der Waals surface area contributed by atoms with Gasteiger partial charge in [-0.2, -0.15) is 0 Å². The van der Waals surface area contributed by atoms with Crippen molar-refractivity contribution in [3.05, 3.63) is 34.4 Å². The molecule has 124 valence electrons. The van der Waals surface area contributed by atoms with Crippen molar-refractivity contribution in [3.63, 3.8) is 0 Å². The highest BCUT2D eigenvalue weighted by molar-refractivity contribution is 5.69. The summed E-state index contributed by atoms with van der Waals surface area (Å²) in [6, 6.07) is 4.39. The van der Waals surface area contributed by atoms with Gasteiger partial charge in [-0.25, -0.2) is 4.79 Å². The molecule has 1 fully saturated rings. The molecule has 4 rings (SSSR count). The number of rotatable bonds is 1. The van der Waals surface area contributed by atoms with E-state index in [1.165, 1.54) is 41.5 Å². The molecule has 1 aromatic rings. The third-order valence-corrected chi connectivity index (χ3v) is 5.27. The Morgan fingerprint density at radius 2 is 2.00 bits per heavy atom. The molecule has 1 aromatic carbocycles. The molecule has 4 nitrogen and oxygen atoms in total. The highest BCUT2D eigenvalue weighted by Crippen LogP contribution is 2.55. The number of fused-ring (bicyclic) bond motifs is 7. The molecule has 0 aromatic heterocycles. The van der Waals surface area contributed by atoms with Gasteiger partial charge in [0.1, 0.15) is 5.60 Å². The molecule has 0 saturated heterocycles. The number of hydrogen-bond donors (Lipinski definition) is 1. The molecule has 1 N–H and O–H groups in total. The molecule has 3 atom stereocenters. The lowest BCUT2D eigenvalue weighted by atomic mass is 9.82. The van der Waals surface area contributed by atoms with E-state index in [1.807, 2.05) is 20.8 Å². The van der Waals surface area contributed by atoms with E-state index >= 15 is 0 Å². The topological polar surface area (TPSA) is 47.6 Å². The van der Waals surface area contributed by atoms with Crippen molar-refractivity contribution in [2.45, 2.75) is 70.1 Å². The van der Waals surface area contributed by atoms with Crippen LogP contribution in [0.5, 0.6) is 0 Å². The molecule has 2 aliphatic carbocycles.